The number of hydrogen-bond donors (Lipinski definition) is 1. The highest BCUT2D eigenvalue weighted by Crippen LogP contribution is 2.27. The van der Waals surface area contributed by atoms with Gasteiger partial charge in [-0.05, 0) is 48.6 Å². The molecule has 3 aromatic rings. The van der Waals surface area contributed by atoms with Gasteiger partial charge in [-0.25, -0.2) is 9.78 Å². The number of likely N-dealkylation sites (tertiary alicyclic amines) is 1. The van der Waals surface area contributed by atoms with Gasteiger partial charge in [0.2, 0.25) is 0 Å². The largest absolute Gasteiger partial charge is 0.478 e. The smallest absolute Gasteiger partial charge is 0.337 e. The Kier molecular flexibility index (Phi) is 4.46. The van der Waals surface area contributed by atoms with Crippen molar-refractivity contribution in [2.45, 2.75) is 19.4 Å². The van der Waals surface area contributed by atoms with Crippen LogP contribution in [0.3, 0.4) is 0 Å². The average molecular weight is 353 g/mol. The molecule has 1 aliphatic rings. The SMILES string of the molecule is O=C(O)c1cncc(CC2CCN(Cc3cccc4ncsc34)C2)c1. The summed E-state index contributed by atoms with van der Waals surface area (Å²) in [6.45, 7) is 3.06. The van der Waals surface area contributed by atoms with Gasteiger partial charge in [0.1, 0.15) is 0 Å². The summed E-state index contributed by atoms with van der Waals surface area (Å²) < 4.78 is 1.28. The van der Waals surface area contributed by atoms with E-state index in [0.717, 1.165) is 43.6 Å². The number of carboxylic acids is 1. The topological polar surface area (TPSA) is 66.3 Å². The van der Waals surface area contributed by atoms with Crippen LogP contribution in [-0.4, -0.2) is 39.0 Å². The molecular weight excluding hydrogens is 334 g/mol. The third-order valence-corrected chi connectivity index (χ3v) is 5.69. The van der Waals surface area contributed by atoms with Gasteiger partial charge in [-0.15, -0.1) is 11.3 Å². The molecule has 1 N–H and O–H groups in total. The van der Waals surface area contributed by atoms with Crippen molar-refractivity contribution < 1.29 is 9.90 Å². The summed E-state index contributed by atoms with van der Waals surface area (Å²) in [6.07, 6.45) is 5.21. The van der Waals surface area contributed by atoms with Crippen molar-refractivity contribution in [3.8, 4) is 0 Å². The van der Waals surface area contributed by atoms with Crippen LogP contribution in [0.1, 0.15) is 27.9 Å². The fraction of sp³-hybridized carbons (Fsp3) is 0.316. The minimum absolute atomic E-state index is 0.268. The number of aromatic nitrogens is 2. The summed E-state index contributed by atoms with van der Waals surface area (Å²) in [5.74, 6) is -0.369. The zero-order valence-corrected chi connectivity index (χ0v) is 14.6. The van der Waals surface area contributed by atoms with Crippen molar-refractivity contribution in [1.82, 2.24) is 14.9 Å². The molecule has 0 bridgehead atoms. The van der Waals surface area contributed by atoms with Crippen molar-refractivity contribution in [1.29, 1.82) is 0 Å². The number of rotatable bonds is 5. The van der Waals surface area contributed by atoms with E-state index < -0.39 is 5.97 Å². The monoisotopic (exact) mass is 353 g/mol. The summed E-state index contributed by atoms with van der Waals surface area (Å²) in [5, 5.41) is 9.09. The fourth-order valence-electron chi connectivity index (χ4n) is 3.58. The van der Waals surface area contributed by atoms with E-state index in [0.29, 0.717) is 5.92 Å². The predicted octanol–water partition coefficient (Wildman–Crippen LogP) is 3.45. The van der Waals surface area contributed by atoms with Crippen LogP contribution >= 0.6 is 11.3 Å². The molecular formula is C19H19N3O2S. The molecule has 6 heteroatoms. The standard InChI is InChI=1S/C19H19N3O2S/c23-19(24)16-7-14(8-20-9-16)6-13-4-5-22(10-13)11-15-2-1-3-17-18(15)25-12-21-17/h1-3,7-9,12-13H,4-6,10-11H2,(H,23,24). The molecule has 5 nitrogen and oxygen atoms in total. The Morgan fingerprint density at radius 3 is 3.16 bits per heavy atom. The third-order valence-electron chi connectivity index (χ3n) is 4.77. The van der Waals surface area contributed by atoms with Crippen LogP contribution in [0.5, 0.6) is 0 Å². The summed E-state index contributed by atoms with van der Waals surface area (Å²) in [5.41, 5.74) is 5.61. The van der Waals surface area contributed by atoms with Crippen LogP contribution in [0.2, 0.25) is 0 Å². The second-order valence-corrected chi connectivity index (χ2v) is 7.45. The zero-order valence-electron chi connectivity index (χ0n) is 13.8. The molecule has 2 aromatic heterocycles. The maximum atomic E-state index is 11.1. The Morgan fingerprint density at radius 2 is 2.28 bits per heavy atom. The van der Waals surface area contributed by atoms with E-state index in [2.05, 4.69) is 33.1 Å². The molecule has 1 fully saturated rings. The highest BCUT2D eigenvalue weighted by molar-refractivity contribution is 7.16. The highest BCUT2D eigenvalue weighted by atomic mass is 32.1. The number of carboxylic acid groups (broad SMARTS) is 1. The normalized spacial score (nSPS) is 18.0. The lowest BCUT2D eigenvalue weighted by Gasteiger charge is -2.16. The number of fused-ring (bicyclic) bond motifs is 1. The molecule has 0 amide bonds. The summed E-state index contributed by atoms with van der Waals surface area (Å²) in [6, 6.07) is 8.07. The summed E-state index contributed by atoms with van der Waals surface area (Å²) >= 11 is 1.70. The number of aromatic carboxylic acids is 1. The van der Waals surface area contributed by atoms with Gasteiger partial charge in [0.15, 0.2) is 0 Å². The summed E-state index contributed by atoms with van der Waals surface area (Å²) in [4.78, 5) is 22.0. The van der Waals surface area contributed by atoms with Crippen molar-refractivity contribution in [3.05, 3.63) is 58.9 Å². The molecule has 1 atom stereocenters. The molecule has 0 spiro atoms. The van der Waals surface area contributed by atoms with Gasteiger partial charge in [-0.3, -0.25) is 9.88 Å². The molecule has 1 aromatic carbocycles. The average Bonchev–Trinajstić information content (AvgIpc) is 3.25. The second-order valence-electron chi connectivity index (χ2n) is 6.60. The van der Waals surface area contributed by atoms with Gasteiger partial charge in [0.05, 0.1) is 21.3 Å². The zero-order chi connectivity index (χ0) is 17.2. The molecule has 3 heterocycles. The Labute approximate surface area is 150 Å². The van der Waals surface area contributed by atoms with Crippen LogP contribution in [0.4, 0.5) is 0 Å². The first-order valence-corrected chi connectivity index (χ1v) is 9.27. The fourth-order valence-corrected chi connectivity index (χ4v) is 4.38. The molecule has 4 rings (SSSR count). The van der Waals surface area contributed by atoms with Gasteiger partial charge in [-0.2, -0.15) is 0 Å². The summed E-state index contributed by atoms with van der Waals surface area (Å²) in [7, 11) is 0. The highest BCUT2D eigenvalue weighted by Gasteiger charge is 2.23. The Hall–Kier alpha value is -2.31. The first-order valence-electron chi connectivity index (χ1n) is 8.40. The van der Waals surface area contributed by atoms with E-state index in [9.17, 15) is 4.79 Å². The number of benzene rings is 1. The molecule has 0 saturated carbocycles. The second kappa shape index (κ2) is 6.90. The van der Waals surface area contributed by atoms with Gasteiger partial charge in [-0.1, -0.05) is 12.1 Å². The van der Waals surface area contributed by atoms with E-state index in [1.165, 1.54) is 16.5 Å². The molecule has 1 saturated heterocycles. The Balaban J connectivity index is 1.41. The molecule has 25 heavy (non-hydrogen) atoms. The maximum Gasteiger partial charge on any atom is 0.337 e. The number of thiazole rings is 1. The van der Waals surface area contributed by atoms with Crippen LogP contribution in [0, 0.1) is 5.92 Å². The van der Waals surface area contributed by atoms with Crippen LogP contribution < -0.4 is 0 Å². The number of nitrogens with zero attached hydrogens (tertiary/aromatic N) is 3. The minimum atomic E-state index is -0.917. The van der Waals surface area contributed by atoms with Crippen molar-refractivity contribution in [2.75, 3.05) is 13.1 Å². The van der Waals surface area contributed by atoms with E-state index >= 15 is 0 Å². The van der Waals surface area contributed by atoms with Crippen molar-refractivity contribution >= 4 is 27.5 Å². The first-order chi connectivity index (χ1) is 12.2. The lowest BCUT2D eigenvalue weighted by Crippen LogP contribution is -2.20. The lowest BCUT2D eigenvalue weighted by molar-refractivity contribution is 0.0696. The van der Waals surface area contributed by atoms with E-state index in [4.69, 9.17) is 5.11 Å². The molecule has 0 radical (unpaired) electrons. The third kappa shape index (κ3) is 3.55. The van der Waals surface area contributed by atoms with Crippen molar-refractivity contribution in [2.24, 2.45) is 5.92 Å². The van der Waals surface area contributed by atoms with Crippen LogP contribution in [-0.2, 0) is 13.0 Å². The molecule has 0 aliphatic carbocycles. The quantitative estimate of drug-likeness (QED) is 0.761. The number of hydrogen-bond acceptors (Lipinski definition) is 5. The van der Waals surface area contributed by atoms with Crippen molar-refractivity contribution in [3.63, 3.8) is 0 Å². The molecule has 1 aliphatic heterocycles. The molecule has 1 unspecified atom stereocenters. The van der Waals surface area contributed by atoms with Gasteiger partial charge < -0.3 is 5.11 Å². The Morgan fingerprint density at radius 1 is 1.36 bits per heavy atom. The minimum Gasteiger partial charge on any atom is -0.478 e. The van der Waals surface area contributed by atoms with E-state index in [1.807, 2.05) is 5.51 Å². The first kappa shape index (κ1) is 16.2. The number of carbonyl (C=O) groups is 1. The van der Waals surface area contributed by atoms with Crippen LogP contribution in [0.15, 0.2) is 42.2 Å². The Bertz CT molecular complexity index is 908. The van der Waals surface area contributed by atoms with Crippen LogP contribution in [0.25, 0.3) is 10.2 Å². The number of pyridine rings is 1. The lowest BCUT2D eigenvalue weighted by atomic mass is 9.99. The maximum absolute atomic E-state index is 11.1. The predicted molar refractivity (Wildman–Crippen MR) is 97.9 cm³/mol. The van der Waals surface area contributed by atoms with Gasteiger partial charge >= 0.3 is 5.97 Å². The van der Waals surface area contributed by atoms with Gasteiger partial charge in [0.25, 0.3) is 0 Å². The van der Waals surface area contributed by atoms with Gasteiger partial charge in [0, 0.05) is 25.5 Å². The van der Waals surface area contributed by atoms with E-state index in [-0.39, 0.29) is 5.56 Å². The molecule has 128 valence electrons. The van der Waals surface area contributed by atoms with E-state index in [1.54, 1.807) is 23.6 Å².